The number of aryl methyl sites for hydroxylation is 2. The summed E-state index contributed by atoms with van der Waals surface area (Å²) in [5, 5.41) is 0.750. The average molecular weight is 303 g/mol. The van der Waals surface area contributed by atoms with Crippen molar-refractivity contribution >= 4 is 11.6 Å². The number of fused-ring (bicyclic) bond motifs is 1. The molecular formula is C17H19ClN2O. The second kappa shape index (κ2) is 5.66. The largest absolute Gasteiger partial charge is 0.493 e. The number of nitrogens with two attached hydrogens (primary N) is 1. The molecule has 4 heteroatoms. The number of nitrogens with zero attached hydrogens (tertiary/aromatic N) is 1. The Morgan fingerprint density at radius 2 is 2.14 bits per heavy atom. The van der Waals surface area contributed by atoms with Gasteiger partial charge in [0.2, 0.25) is 0 Å². The molecule has 2 aromatic rings. The minimum absolute atomic E-state index is 0.107. The molecule has 1 aromatic heterocycles. The number of hydrogen-bond donors (Lipinski definition) is 1. The molecule has 0 amide bonds. The summed E-state index contributed by atoms with van der Waals surface area (Å²) in [7, 11) is 0. The third kappa shape index (κ3) is 2.89. The van der Waals surface area contributed by atoms with Gasteiger partial charge >= 0.3 is 0 Å². The highest BCUT2D eigenvalue weighted by molar-refractivity contribution is 6.30. The Hall–Kier alpha value is -1.58. The van der Waals surface area contributed by atoms with Crippen LogP contribution in [-0.2, 0) is 12.8 Å². The molecule has 2 heterocycles. The van der Waals surface area contributed by atoms with Crippen molar-refractivity contribution in [3.63, 3.8) is 0 Å². The van der Waals surface area contributed by atoms with Gasteiger partial charge in [-0.1, -0.05) is 17.7 Å². The van der Waals surface area contributed by atoms with E-state index >= 15 is 0 Å². The van der Waals surface area contributed by atoms with E-state index in [1.165, 1.54) is 5.56 Å². The van der Waals surface area contributed by atoms with Crippen molar-refractivity contribution in [1.29, 1.82) is 0 Å². The van der Waals surface area contributed by atoms with E-state index in [-0.39, 0.29) is 6.04 Å². The summed E-state index contributed by atoms with van der Waals surface area (Å²) in [6.07, 6.45) is 1.62. The van der Waals surface area contributed by atoms with Crippen molar-refractivity contribution in [3.8, 4) is 5.75 Å². The van der Waals surface area contributed by atoms with Crippen molar-refractivity contribution in [2.24, 2.45) is 5.73 Å². The molecule has 0 spiro atoms. The van der Waals surface area contributed by atoms with Crippen LogP contribution in [0.15, 0.2) is 24.3 Å². The second-order valence-corrected chi connectivity index (χ2v) is 6.03. The zero-order valence-electron chi connectivity index (χ0n) is 12.3. The molecule has 2 N–H and O–H groups in total. The first-order chi connectivity index (χ1) is 10.0. The lowest BCUT2D eigenvalue weighted by atomic mass is 9.96. The van der Waals surface area contributed by atoms with Crippen molar-refractivity contribution < 1.29 is 4.74 Å². The highest BCUT2D eigenvalue weighted by atomic mass is 35.5. The summed E-state index contributed by atoms with van der Waals surface area (Å²) in [5.41, 5.74) is 11.7. The quantitative estimate of drug-likeness (QED) is 0.943. The Balaban J connectivity index is 1.90. The molecule has 0 fully saturated rings. The van der Waals surface area contributed by atoms with Crippen LogP contribution in [0.25, 0.3) is 0 Å². The van der Waals surface area contributed by atoms with E-state index < -0.39 is 0 Å². The molecule has 3 rings (SSSR count). The van der Waals surface area contributed by atoms with Crippen molar-refractivity contribution in [2.75, 3.05) is 6.61 Å². The van der Waals surface area contributed by atoms with E-state index in [2.05, 4.69) is 11.1 Å². The fourth-order valence-electron chi connectivity index (χ4n) is 2.93. The monoisotopic (exact) mass is 302 g/mol. The van der Waals surface area contributed by atoms with Crippen LogP contribution in [0.1, 0.15) is 34.1 Å². The molecule has 0 saturated carbocycles. The summed E-state index contributed by atoms with van der Waals surface area (Å²) in [6.45, 7) is 4.71. The molecule has 3 nitrogen and oxygen atoms in total. The number of aromatic nitrogens is 1. The van der Waals surface area contributed by atoms with Crippen LogP contribution in [0.3, 0.4) is 0 Å². The molecule has 1 aliphatic heterocycles. The third-order valence-electron chi connectivity index (χ3n) is 3.93. The lowest BCUT2D eigenvalue weighted by Gasteiger charge is -2.17. The molecule has 1 aliphatic rings. The fourth-order valence-corrected chi connectivity index (χ4v) is 3.20. The highest BCUT2D eigenvalue weighted by Crippen LogP contribution is 2.35. The average Bonchev–Trinajstić information content (AvgIpc) is 2.86. The van der Waals surface area contributed by atoms with Crippen LogP contribution in [0.4, 0.5) is 0 Å². The predicted octanol–water partition coefficient (Wildman–Crippen LogP) is 3.53. The van der Waals surface area contributed by atoms with Crippen molar-refractivity contribution in [3.05, 3.63) is 57.4 Å². The van der Waals surface area contributed by atoms with E-state index in [4.69, 9.17) is 22.1 Å². The molecule has 1 aromatic carbocycles. The third-order valence-corrected chi connectivity index (χ3v) is 4.15. The van der Waals surface area contributed by atoms with Gasteiger partial charge in [0.25, 0.3) is 0 Å². The SMILES string of the molecule is Cc1ccc(C(N)Cc2cc(Cl)cc3c2OCC3)c(C)n1. The van der Waals surface area contributed by atoms with E-state index in [1.807, 2.05) is 32.0 Å². The predicted molar refractivity (Wildman–Crippen MR) is 85.0 cm³/mol. The Labute approximate surface area is 130 Å². The van der Waals surface area contributed by atoms with Crippen LogP contribution in [0.2, 0.25) is 5.02 Å². The maximum Gasteiger partial charge on any atom is 0.125 e. The van der Waals surface area contributed by atoms with Gasteiger partial charge < -0.3 is 10.5 Å². The summed E-state index contributed by atoms with van der Waals surface area (Å²) in [5.74, 6) is 0.965. The molecule has 1 atom stereocenters. The van der Waals surface area contributed by atoms with Crippen molar-refractivity contribution in [1.82, 2.24) is 4.98 Å². The van der Waals surface area contributed by atoms with Crippen LogP contribution >= 0.6 is 11.6 Å². The number of ether oxygens (including phenoxy) is 1. The summed E-state index contributed by atoms with van der Waals surface area (Å²) < 4.78 is 5.74. The zero-order valence-corrected chi connectivity index (χ0v) is 13.1. The van der Waals surface area contributed by atoms with Crippen molar-refractivity contribution in [2.45, 2.75) is 32.7 Å². The molecular weight excluding hydrogens is 284 g/mol. The molecule has 0 aliphatic carbocycles. The maximum absolute atomic E-state index is 6.38. The molecule has 0 saturated heterocycles. The molecule has 0 bridgehead atoms. The van der Waals surface area contributed by atoms with E-state index in [0.29, 0.717) is 6.42 Å². The lowest BCUT2D eigenvalue weighted by molar-refractivity contribution is 0.352. The minimum atomic E-state index is -0.107. The van der Waals surface area contributed by atoms with Gasteiger partial charge in [0, 0.05) is 28.9 Å². The Morgan fingerprint density at radius 1 is 1.33 bits per heavy atom. The fraction of sp³-hybridized carbons (Fsp3) is 0.353. The first kappa shape index (κ1) is 14.4. The van der Waals surface area contributed by atoms with Gasteiger partial charge in [-0.25, -0.2) is 0 Å². The first-order valence-corrected chi connectivity index (χ1v) is 7.56. The topological polar surface area (TPSA) is 48.1 Å². The number of benzene rings is 1. The summed E-state index contributed by atoms with van der Waals surface area (Å²) >= 11 is 6.20. The van der Waals surface area contributed by atoms with E-state index in [0.717, 1.165) is 46.3 Å². The zero-order chi connectivity index (χ0) is 15.0. The van der Waals surface area contributed by atoms with Gasteiger partial charge in [-0.3, -0.25) is 4.98 Å². The van der Waals surface area contributed by atoms with Gasteiger partial charge in [-0.05, 0) is 55.2 Å². The smallest absolute Gasteiger partial charge is 0.125 e. The highest BCUT2D eigenvalue weighted by Gasteiger charge is 2.20. The molecule has 1 unspecified atom stereocenters. The van der Waals surface area contributed by atoms with E-state index in [9.17, 15) is 0 Å². The van der Waals surface area contributed by atoms with Gasteiger partial charge in [0.05, 0.1) is 6.61 Å². The van der Waals surface area contributed by atoms with Crippen LogP contribution in [0.5, 0.6) is 5.75 Å². The van der Waals surface area contributed by atoms with Gasteiger partial charge in [-0.2, -0.15) is 0 Å². The van der Waals surface area contributed by atoms with Gasteiger partial charge in [0.1, 0.15) is 5.75 Å². The van der Waals surface area contributed by atoms with Crippen LogP contribution in [-0.4, -0.2) is 11.6 Å². The minimum Gasteiger partial charge on any atom is -0.493 e. The molecule has 0 radical (unpaired) electrons. The van der Waals surface area contributed by atoms with Crippen LogP contribution in [0, 0.1) is 13.8 Å². The maximum atomic E-state index is 6.38. The first-order valence-electron chi connectivity index (χ1n) is 7.18. The Morgan fingerprint density at radius 3 is 2.90 bits per heavy atom. The van der Waals surface area contributed by atoms with E-state index in [1.54, 1.807) is 0 Å². The second-order valence-electron chi connectivity index (χ2n) is 5.59. The summed E-state index contributed by atoms with van der Waals surface area (Å²) in [4.78, 5) is 4.49. The standard InChI is InChI=1S/C17H19ClN2O/c1-10-3-4-15(11(2)20-10)16(19)9-13-8-14(18)7-12-5-6-21-17(12)13/h3-4,7-8,16H,5-6,9,19H2,1-2H3. The number of rotatable bonds is 3. The molecule has 110 valence electrons. The summed E-state index contributed by atoms with van der Waals surface area (Å²) in [6, 6.07) is 7.90. The van der Waals surface area contributed by atoms with Gasteiger partial charge in [-0.15, -0.1) is 0 Å². The molecule has 21 heavy (non-hydrogen) atoms. The van der Waals surface area contributed by atoms with Crippen LogP contribution < -0.4 is 10.5 Å². The van der Waals surface area contributed by atoms with Gasteiger partial charge in [0.15, 0.2) is 0 Å². The normalized spacial score (nSPS) is 14.7. The Kier molecular flexibility index (Phi) is 3.87. The number of pyridine rings is 1. The Bertz CT molecular complexity index is 685. The number of halogens is 1. The number of hydrogen-bond acceptors (Lipinski definition) is 3. The lowest BCUT2D eigenvalue weighted by Crippen LogP contribution is -2.16.